The summed E-state index contributed by atoms with van der Waals surface area (Å²) in [6.45, 7) is 11.9. The highest BCUT2D eigenvalue weighted by atomic mass is 16.5. The summed E-state index contributed by atoms with van der Waals surface area (Å²) in [4.78, 5) is 17.7. The highest BCUT2D eigenvalue weighted by Gasteiger charge is 2.58. The fourth-order valence-electron chi connectivity index (χ4n) is 5.67. The van der Waals surface area contributed by atoms with E-state index in [0.29, 0.717) is 29.4 Å². The van der Waals surface area contributed by atoms with Crippen LogP contribution < -0.4 is 5.32 Å². The van der Waals surface area contributed by atoms with Gasteiger partial charge in [-0.3, -0.25) is 9.69 Å². The van der Waals surface area contributed by atoms with E-state index in [2.05, 4.69) is 29.0 Å². The van der Waals surface area contributed by atoms with Crippen LogP contribution in [-0.2, 0) is 9.53 Å². The second-order valence-electron chi connectivity index (χ2n) is 9.44. The quantitative estimate of drug-likeness (QED) is 0.831. The van der Waals surface area contributed by atoms with Gasteiger partial charge in [0, 0.05) is 32.1 Å². The van der Waals surface area contributed by atoms with Crippen LogP contribution in [0.2, 0.25) is 0 Å². The van der Waals surface area contributed by atoms with Gasteiger partial charge >= 0.3 is 0 Å². The molecule has 4 aliphatic rings. The van der Waals surface area contributed by atoms with E-state index in [9.17, 15) is 4.79 Å². The molecule has 4 fully saturated rings. The molecule has 3 aliphatic heterocycles. The average Bonchev–Trinajstić information content (AvgIpc) is 3.32. The Morgan fingerprint density at radius 3 is 2.42 bits per heavy atom. The van der Waals surface area contributed by atoms with Crippen LogP contribution in [0.15, 0.2) is 0 Å². The van der Waals surface area contributed by atoms with E-state index >= 15 is 0 Å². The molecule has 148 valence electrons. The molecule has 3 saturated heterocycles. The molecule has 4 rings (SSSR count). The fraction of sp³-hybridized carbons (Fsp3) is 0.952. The summed E-state index contributed by atoms with van der Waals surface area (Å²) < 4.78 is 5.83. The fourth-order valence-corrected chi connectivity index (χ4v) is 5.67. The van der Waals surface area contributed by atoms with E-state index in [4.69, 9.17) is 4.74 Å². The third-order valence-electron chi connectivity index (χ3n) is 7.36. The van der Waals surface area contributed by atoms with E-state index in [0.717, 1.165) is 51.6 Å². The van der Waals surface area contributed by atoms with Gasteiger partial charge in [0.25, 0.3) is 0 Å². The number of morpholine rings is 1. The first-order chi connectivity index (χ1) is 12.6. The van der Waals surface area contributed by atoms with Gasteiger partial charge in [-0.2, -0.15) is 0 Å². The molecule has 3 unspecified atom stereocenters. The number of carbonyl (C=O) groups is 1. The molecule has 1 N–H and O–H groups in total. The van der Waals surface area contributed by atoms with Crippen molar-refractivity contribution < 1.29 is 9.53 Å². The normalized spacial score (nSPS) is 35.6. The number of nitrogens with one attached hydrogen (secondary N) is 1. The second-order valence-corrected chi connectivity index (χ2v) is 9.44. The molecule has 5 heteroatoms. The van der Waals surface area contributed by atoms with Gasteiger partial charge in [0.2, 0.25) is 5.91 Å². The summed E-state index contributed by atoms with van der Waals surface area (Å²) >= 11 is 0. The lowest BCUT2D eigenvalue weighted by Gasteiger charge is -2.37. The Balaban J connectivity index is 1.18. The zero-order chi connectivity index (χ0) is 18.1. The third-order valence-corrected chi connectivity index (χ3v) is 7.36. The Morgan fingerprint density at radius 1 is 1.12 bits per heavy atom. The van der Waals surface area contributed by atoms with Crippen molar-refractivity contribution >= 4 is 5.91 Å². The Kier molecular flexibility index (Phi) is 5.58. The molecular formula is C21H37N3O2. The molecule has 1 spiro atoms. The molecule has 0 aromatic heterocycles. The Morgan fingerprint density at radius 2 is 1.77 bits per heavy atom. The molecule has 3 heterocycles. The van der Waals surface area contributed by atoms with Crippen LogP contribution in [0.25, 0.3) is 0 Å². The van der Waals surface area contributed by atoms with Crippen molar-refractivity contribution in [3.8, 4) is 0 Å². The maximum Gasteiger partial charge on any atom is 0.226 e. The number of hydrogen-bond donors (Lipinski definition) is 1. The van der Waals surface area contributed by atoms with Crippen LogP contribution in [0.5, 0.6) is 0 Å². The molecule has 3 atom stereocenters. The first kappa shape index (κ1) is 18.7. The number of carbonyl (C=O) groups excluding carboxylic acids is 1. The molecule has 0 aromatic carbocycles. The summed E-state index contributed by atoms with van der Waals surface area (Å²) in [5, 5.41) is 3.43. The van der Waals surface area contributed by atoms with Gasteiger partial charge in [-0.15, -0.1) is 0 Å². The van der Waals surface area contributed by atoms with Gasteiger partial charge in [0.15, 0.2) is 0 Å². The number of likely N-dealkylation sites (tertiary alicyclic amines) is 1. The van der Waals surface area contributed by atoms with Gasteiger partial charge in [-0.05, 0) is 83.3 Å². The Bertz CT molecular complexity index is 487. The summed E-state index contributed by atoms with van der Waals surface area (Å²) in [7, 11) is 0. The van der Waals surface area contributed by atoms with Gasteiger partial charge in [0.05, 0.1) is 12.2 Å². The van der Waals surface area contributed by atoms with Gasteiger partial charge in [0.1, 0.15) is 0 Å². The Labute approximate surface area is 158 Å². The first-order valence-electron chi connectivity index (χ1n) is 10.9. The van der Waals surface area contributed by atoms with Gasteiger partial charge < -0.3 is 15.0 Å². The molecule has 0 bridgehead atoms. The standard InChI is InChI=1S/C21H37N3O2/c1-16-14-23(15-17(2)26-16)10-3-18-4-11-24(12-5-18)20(25)19-13-21(19)6-8-22-9-7-21/h16-19,22H,3-15H2,1-2H3. The van der Waals surface area contributed by atoms with Crippen molar-refractivity contribution in [3.63, 3.8) is 0 Å². The molecule has 0 aromatic rings. The van der Waals surface area contributed by atoms with Crippen LogP contribution >= 0.6 is 0 Å². The van der Waals surface area contributed by atoms with Crippen molar-refractivity contribution in [1.29, 1.82) is 0 Å². The lowest BCUT2D eigenvalue weighted by Crippen LogP contribution is -2.46. The minimum atomic E-state index is 0.345. The lowest BCUT2D eigenvalue weighted by atomic mass is 9.90. The predicted octanol–water partition coefficient (Wildman–Crippen LogP) is 2.11. The topological polar surface area (TPSA) is 44.8 Å². The van der Waals surface area contributed by atoms with E-state index in [1.807, 2.05) is 0 Å². The van der Waals surface area contributed by atoms with Crippen molar-refractivity contribution in [2.24, 2.45) is 17.3 Å². The van der Waals surface area contributed by atoms with Crippen molar-refractivity contribution in [2.75, 3.05) is 45.8 Å². The van der Waals surface area contributed by atoms with Crippen molar-refractivity contribution in [1.82, 2.24) is 15.1 Å². The average molecular weight is 364 g/mol. The number of nitrogens with zero attached hydrogens (tertiary/aromatic N) is 2. The SMILES string of the molecule is CC1CN(CCC2CCN(C(=O)C3CC34CCNCC4)CC2)CC(C)O1. The molecule has 5 nitrogen and oxygen atoms in total. The van der Waals surface area contributed by atoms with Crippen molar-refractivity contribution in [2.45, 2.75) is 64.6 Å². The minimum absolute atomic E-state index is 0.345. The summed E-state index contributed by atoms with van der Waals surface area (Å²) in [6, 6.07) is 0. The summed E-state index contributed by atoms with van der Waals surface area (Å²) in [5.74, 6) is 1.61. The maximum absolute atomic E-state index is 12.9. The zero-order valence-electron chi connectivity index (χ0n) is 16.7. The van der Waals surface area contributed by atoms with Crippen LogP contribution in [0.4, 0.5) is 0 Å². The first-order valence-corrected chi connectivity index (χ1v) is 10.9. The predicted molar refractivity (Wildman–Crippen MR) is 103 cm³/mol. The van der Waals surface area contributed by atoms with E-state index < -0.39 is 0 Å². The number of rotatable bonds is 4. The van der Waals surface area contributed by atoms with E-state index in [1.54, 1.807) is 0 Å². The van der Waals surface area contributed by atoms with Gasteiger partial charge in [-0.25, -0.2) is 0 Å². The summed E-state index contributed by atoms with van der Waals surface area (Å²) in [6.07, 6.45) is 7.96. The summed E-state index contributed by atoms with van der Waals surface area (Å²) in [5.41, 5.74) is 0.378. The van der Waals surface area contributed by atoms with Crippen LogP contribution in [0.3, 0.4) is 0 Å². The molecule has 1 aliphatic carbocycles. The van der Waals surface area contributed by atoms with Crippen LogP contribution in [0, 0.1) is 17.3 Å². The number of ether oxygens (including phenoxy) is 1. The largest absolute Gasteiger partial charge is 0.373 e. The molecule has 1 amide bonds. The molecular weight excluding hydrogens is 326 g/mol. The monoisotopic (exact) mass is 363 g/mol. The highest BCUT2D eigenvalue weighted by Crippen LogP contribution is 2.59. The van der Waals surface area contributed by atoms with Crippen LogP contribution in [-0.4, -0.2) is 73.7 Å². The number of hydrogen-bond acceptors (Lipinski definition) is 4. The maximum atomic E-state index is 12.9. The van der Waals surface area contributed by atoms with E-state index in [-0.39, 0.29) is 0 Å². The molecule has 26 heavy (non-hydrogen) atoms. The number of piperidine rings is 2. The van der Waals surface area contributed by atoms with E-state index in [1.165, 1.54) is 38.6 Å². The minimum Gasteiger partial charge on any atom is -0.373 e. The van der Waals surface area contributed by atoms with Crippen molar-refractivity contribution in [3.05, 3.63) is 0 Å². The third kappa shape index (κ3) is 4.10. The smallest absolute Gasteiger partial charge is 0.226 e. The molecule has 0 radical (unpaired) electrons. The zero-order valence-corrected chi connectivity index (χ0v) is 16.7. The van der Waals surface area contributed by atoms with Gasteiger partial charge in [-0.1, -0.05) is 0 Å². The number of amides is 1. The second kappa shape index (κ2) is 7.76. The molecule has 1 saturated carbocycles. The lowest BCUT2D eigenvalue weighted by molar-refractivity contribution is -0.135. The van der Waals surface area contributed by atoms with Crippen LogP contribution in [0.1, 0.15) is 52.4 Å². The highest BCUT2D eigenvalue weighted by molar-refractivity contribution is 5.82. The Hall–Kier alpha value is -0.650.